The van der Waals surface area contributed by atoms with Crippen molar-refractivity contribution in [3.05, 3.63) is 0 Å². The zero-order valence-corrected chi connectivity index (χ0v) is 9.81. The van der Waals surface area contributed by atoms with E-state index >= 15 is 0 Å². The molecule has 0 bridgehead atoms. The van der Waals surface area contributed by atoms with E-state index < -0.39 is 0 Å². The minimum atomic E-state index is -0.108. The van der Waals surface area contributed by atoms with Crippen LogP contribution in [0.1, 0.15) is 20.3 Å². The van der Waals surface area contributed by atoms with Gasteiger partial charge in [0.2, 0.25) is 5.91 Å². The highest BCUT2D eigenvalue weighted by Crippen LogP contribution is 2.37. The fourth-order valence-corrected chi connectivity index (χ4v) is 2.40. The number of hydrogen-bond acceptors (Lipinski definition) is 4. The van der Waals surface area contributed by atoms with Gasteiger partial charge in [-0.1, -0.05) is 0 Å². The summed E-state index contributed by atoms with van der Waals surface area (Å²) < 4.78 is 10.8. The first-order valence-corrected chi connectivity index (χ1v) is 5.87. The van der Waals surface area contributed by atoms with Crippen LogP contribution in [0.25, 0.3) is 0 Å². The molecule has 0 aromatic rings. The van der Waals surface area contributed by atoms with Gasteiger partial charge in [0.05, 0.1) is 18.2 Å². The molecule has 0 spiro atoms. The van der Waals surface area contributed by atoms with Crippen LogP contribution in [0.2, 0.25) is 0 Å². The topological polar surface area (TPSA) is 73.6 Å². The molecule has 92 valence electrons. The quantitative estimate of drug-likeness (QED) is 0.689. The Balaban J connectivity index is 1.75. The molecule has 0 aromatic heterocycles. The van der Waals surface area contributed by atoms with E-state index in [1.54, 1.807) is 0 Å². The molecule has 4 unspecified atom stereocenters. The van der Waals surface area contributed by atoms with Gasteiger partial charge in [0, 0.05) is 18.6 Å². The lowest BCUT2D eigenvalue weighted by atomic mass is 9.72. The van der Waals surface area contributed by atoms with Crippen molar-refractivity contribution in [3.63, 3.8) is 0 Å². The van der Waals surface area contributed by atoms with Crippen molar-refractivity contribution >= 4 is 5.91 Å². The Morgan fingerprint density at radius 1 is 1.62 bits per heavy atom. The van der Waals surface area contributed by atoms with Crippen LogP contribution in [0.5, 0.6) is 0 Å². The summed E-state index contributed by atoms with van der Waals surface area (Å²) in [5.41, 5.74) is 5.98. The Bertz CT molecular complexity index is 270. The normalized spacial score (nSPS) is 37.0. The molecule has 1 saturated heterocycles. The minimum absolute atomic E-state index is 0.0317. The number of nitrogens with one attached hydrogen (secondary N) is 1. The fourth-order valence-electron chi connectivity index (χ4n) is 2.40. The van der Waals surface area contributed by atoms with Crippen molar-refractivity contribution in [3.8, 4) is 0 Å². The average molecular weight is 228 g/mol. The zero-order valence-electron chi connectivity index (χ0n) is 9.81. The summed E-state index contributed by atoms with van der Waals surface area (Å²) in [6, 6.07) is 0.00580. The number of nitrogens with two attached hydrogens (primary N) is 1. The van der Waals surface area contributed by atoms with Crippen LogP contribution in [0.3, 0.4) is 0 Å². The first kappa shape index (κ1) is 11.8. The van der Waals surface area contributed by atoms with Crippen LogP contribution >= 0.6 is 0 Å². The summed E-state index contributed by atoms with van der Waals surface area (Å²) in [7, 11) is 0. The molecule has 0 aromatic carbocycles. The van der Waals surface area contributed by atoms with Crippen molar-refractivity contribution in [2.24, 2.45) is 11.7 Å². The lowest BCUT2D eigenvalue weighted by Crippen LogP contribution is -2.69. The maximum Gasteiger partial charge on any atom is 0.246 e. The summed E-state index contributed by atoms with van der Waals surface area (Å²) >= 11 is 0. The second-order valence-electron chi connectivity index (χ2n) is 4.82. The molecule has 5 heteroatoms. The predicted molar refractivity (Wildman–Crippen MR) is 58.8 cm³/mol. The monoisotopic (exact) mass is 228 g/mol. The van der Waals surface area contributed by atoms with Gasteiger partial charge in [0.25, 0.3) is 0 Å². The molecule has 16 heavy (non-hydrogen) atoms. The maximum atomic E-state index is 11.5. The SMILES string of the molecule is CC(C)OCC(=O)NC1C(N)C2CCOC21. The number of hydrogen-bond donors (Lipinski definition) is 2. The Morgan fingerprint density at radius 3 is 3.06 bits per heavy atom. The summed E-state index contributed by atoms with van der Waals surface area (Å²) in [5, 5.41) is 2.88. The van der Waals surface area contributed by atoms with Gasteiger partial charge in [-0.3, -0.25) is 4.79 Å². The molecule has 1 heterocycles. The molecule has 2 aliphatic rings. The molecule has 4 atom stereocenters. The van der Waals surface area contributed by atoms with E-state index in [0.717, 1.165) is 13.0 Å². The van der Waals surface area contributed by atoms with Crippen LogP contribution in [0, 0.1) is 5.92 Å². The van der Waals surface area contributed by atoms with Crippen molar-refractivity contribution in [2.45, 2.75) is 44.6 Å². The number of ether oxygens (including phenoxy) is 2. The van der Waals surface area contributed by atoms with Crippen molar-refractivity contribution in [1.82, 2.24) is 5.32 Å². The smallest absolute Gasteiger partial charge is 0.246 e. The molecule has 5 nitrogen and oxygen atoms in total. The lowest BCUT2D eigenvalue weighted by molar-refractivity contribution is -0.131. The van der Waals surface area contributed by atoms with Crippen LogP contribution in [0.15, 0.2) is 0 Å². The maximum absolute atomic E-state index is 11.5. The van der Waals surface area contributed by atoms with Gasteiger partial charge in [-0.25, -0.2) is 0 Å². The van der Waals surface area contributed by atoms with E-state index in [0.29, 0.717) is 5.92 Å². The van der Waals surface area contributed by atoms with Gasteiger partial charge in [-0.05, 0) is 20.3 Å². The van der Waals surface area contributed by atoms with Gasteiger partial charge in [-0.15, -0.1) is 0 Å². The van der Waals surface area contributed by atoms with Gasteiger partial charge >= 0.3 is 0 Å². The van der Waals surface area contributed by atoms with Crippen molar-refractivity contribution < 1.29 is 14.3 Å². The number of carbonyl (C=O) groups is 1. The van der Waals surface area contributed by atoms with Crippen molar-refractivity contribution in [2.75, 3.05) is 13.2 Å². The predicted octanol–water partition coefficient (Wildman–Crippen LogP) is -0.358. The summed E-state index contributed by atoms with van der Waals surface area (Å²) in [4.78, 5) is 11.5. The van der Waals surface area contributed by atoms with E-state index in [4.69, 9.17) is 15.2 Å². The highest BCUT2D eigenvalue weighted by molar-refractivity contribution is 5.77. The second-order valence-corrected chi connectivity index (χ2v) is 4.82. The third-order valence-electron chi connectivity index (χ3n) is 3.32. The number of amides is 1. The van der Waals surface area contributed by atoms with Gasteiger partial charge in [-0.2, -0.15) is 0 Å². The Morgan fingerprint density at radius 2 is 2.38 bits per heavy atom. The molecule has 1 saturated carbocycles. The third-order valence-corrected chi connectivity index (χ3v) is 3.32. The van der Waals surface area contributed by atoms with E-state index in [2.05, 4.69) is 5.32 Å². The minimum Gasteiger partial charge on any atom is -0.376 e. The van der Waals surface area contributed by atoms with Gasteiger partial charge in [0.1, 0.15) is 6.61 Å². The van der Waals surface area contributed by atoms with E-state index in [9.17, 15) is 4.79 Å². The highest BCUT2D eigenvalue weighted by atomic mass is 16.5. The summed E-state index contributed by atoms with van der Waals surface area (Å²) in [6.45, 7) is 4.66. The molecule has 1 amide bonds. The molecule has 2 fully saturated rings. The molecule has 1 aliphatic carbocycles. The fraction of sp³-hybridized carbons (Fsp3) is 0.909. The molecule has 0 radical (unpaired) electrons. The Hall–Kier alpha value is -0.650. The summed E-state index contributed by atoms with van der Waals surface area (Å²) in [5.74, 6) is 0.319. The third kappa shape index (κ3) is 2.21. The molecule has 1 aliphatic heterocycles. The van der Waals surface area contributed by atoms with E-state index in [1.165, 1.54) is 0 Å². The van der Waals surface area contributed by atoms with Crippen LogP contribution in [0.4, 0.5) is 0 Å². The molecular weight excluding hydrogens is 208 g/mol. The van der Waals surface area contributed by atoms with Crippen LogP contribution in [-0.2, 0) is 14.3 Å². The van der Waals surface area contributed by atoms with Gasteiger partial charge < -0.3 is 20.5 Å². The number of rotatable bonds is 4. The zero-order chi connectivity index (χ0) is 11.7. The van der Waals surface area contributed by atoms with Crippen LogP contribution in [-0.4, -0.2) is 43.4 Å². The van der Waals surface area contributed by atoms with E-state index in [-0.39, 0.29) is 36.8 Å². The van der Waals surface area contributed by atoms with Crippen LogP contribution < -0.4 is 11.1 Å². The van der Waals surface area contributed by atoms with Crippen molar-refractivity contribution in [1.29, 1.82) is 0 Å². The number of fused-ring (bicyclic) bond motifs is 1. The first-order chi connectivity index (χ1) is 7.59. The number of carbonyl (C=O) groups excluding carboxylic acids is 1. The standard InChI is InChI=1S/C11H20N2O3/c1-6(2)16-5-8(14)13-10-9(12)7-3-4-15-11(7)10/h6-7,9-11H,3-5,12H2,1-2H3,(H,13,14). The largest absolute Gasteiger partial charge is 0.376 e. The molecular formula is C11H20N2O3. The lowest BCUT2D eigenvalue weighted by Gasteiger charge is -2.45. The Labute approximate surface area is 95.7 Å². The molecule has 3 N–H and O–H groups in total. The highest BCUT2D eigenvalue weighted by Gasteiger charge is 2.52. The second kappa shape index (κ2) is 4.69. The van der Waals surface area contributed by atoms with Gasteiger partial charge in [0.15, 0.2) is 0 Å². The molecule has 2 rings (SSSR count). The average Bonchev–Trinajstić information content (AvgIpc) is 2.67. The van der Waals surface area contributed by atoms with E-state index in [1.807, 2.05) is 13.8 Å². The summed E-state index contributed by atoms with van der Waals surface area (Å²) in [6.07, 6.45) is 1.20. The first-order valence-electron chi connectivity index (χ1n) is 5.87. The Kier molecular flexibility index (Phi) is 3.47.